The maximum absolute atomic E-state index is 10.8. The van der Waals surface area contributed by atoms with Crippen molar-refractivity contribution in [3.63, 3.8) is 0 Å². The van der Waals surface area contributed by atoms with E-state index in [2.05, 4.69) is 16.8 Å². The lowest BCUT2D eigenvalue weighted by Gasteiger charge is -2.46. The Morgan fingerprint density at radius 1 is 1.33 bits per heavy atom. The number of nitrogens with two attached hydrogens (primary N) is 1. The first kappa shape index (κ1) is 14.1. The second-order valence-corrected chi connectivity index (χ2v) is 6.19. The molecule has 0 saturated carbocycles. The molecule has 2 saturated heterocycles. The van der Waals surface area contributed by atoms with Crippen molar-refractivity contribution < 1.29 is 4.92 Å². The summed E-state index contributed by atoms with van der Waals surface area (Å²) in [5.74, 6) is 0.673. The minimum atomic E-state index is -0.400. The molecule has 0 aromatic heterocycles. The number of nitrogens with zero attached hydrogens (tertiary/aromatic N) is 3. The van der Waals surface area contributed by atoms with E-state index in [4.69, 9.17) is 5.73 Å². The van der Waals surface area contributed by atoms with E-state index in [0.29, 0.717) is 17.6 Å². The number of nitrogen functional groups attached to an aromatic ring is 1. The molecule has 114 valence electrons. The van der Waals surface area contributed by atoms with E-state index < -0.39 is 4.92 Å². The molecule has 2 aliphatic rings. The van der Waals surface area contributed by atoms with Gasteiger partial charge in [-0.15, -0.1) is 0 Å². The quantitative estimate of drug-likeness (QED) is 0.513. The Labute approximate surface area is 124 Å². The molecule has 3 rings (SSSR count). The van der Waals surface area contributed by atoms with E-state index >= 15 is 0 Å². The fourth-order valence-electron chi connectivity index (χ4n) is 3.81. The second kappa shape index (κ2) is 5.52. The van der Waals surface area contributed by atoms with Crippen LogP contribution in [0.5, 0.6) is 0 Å². The highest BCUT2D eigenvalue weighted by Crippen LogP contribution is 2.35. The highest BCUT2D eigenvalue weighted by Gasteiger charge is 2.34. The molecule has 2 unspecified atom stereocenters. The predicted molar refractivity (Wildman–Crippen MR) is 83.5 cm³/mol. The van der Waals surface area contributed by atoms with E-state index in [1.807, 2.05) is 0 Å². The van der Waals surface area contributed by atoms with Gasteiger partial charge in [-0.2, -0.15) is 0 Å². The Balaban J connectivity index is 1.78. The van der Waals surface area contributed by atoms with Crippen molar-refractivity contribution in [2.45, 2.75) is 25.3 Å². The predicted octanol–water partition coefficient (Wildman–Crippen LogP) is 2.10. The smallest absolute Gasteiger partial charge is 0.271 e. The Bertz CT molecular complexity index is 548. The minimum absolute atomic E-state index is 0.0588. The SMILES string of the molecule is CN1CCCC2CN(c3ccc([N+](=O)[O-])cc3N)CCC21. The monoisotopic (exact) mass is 290 g/mol. The molecular formula is C15H22N4O2. The molecule has 0 spiro atoms. The van der Waals surface area contributed by atoms with Gasteiger partial charge in [0.15, 0.2) is 0 Å². The van der Waals surface area contributed by atoms with Crippen LogP contribution in [0.15, 0.2) is 18.2 Å². The summed E-state index contributed by atoms with van der Waals surface area (Å²) < 4.78 is 0. The van der Waals surface area contributed by atoms with Gasteiger partial charge in [0.1, 0.15) is 0 Å². The third-order valence-electron chi connectivity index (χ3n) is 4.91. The van der Waals surface area contributed by atoms with Crippen LogP contribution >= 0.6 is 0 Å². The number of nitro benzene ring substituents is 1. The highest BCUT2D eigenvalue weighted by atomic mass is 16.6. The molecule has 2 N–H and O–H groups in total. The molecule has 1 aromatic rings. The first-order valence-electron chi connectivity index (χ1n) is 7.55. The van der Waals surface area contributed by atoms with Crippen molar-refractivity contribution in [2.75, 3.05) is 37.3 Å². The van der Waals surface area contributed by atoms with E-state index in [1.165, 1.54) is 25.5 Å². The number of fused-ring (bicyclic) bond motifs is 1. The molecule has 0 amide bonds. The number of likely N-dealkylation sites (tertiary alicyclic amines) is 1. The molecule has 0 radical (unpaired) electrons. The summed E-state index contributed by atoms with van der Waals surface area (Å²) in [6, 6.07) is 5.48. The number of benzene rings is 1. The van der Waals surface area contributed by atoms with Gasteiger partial charge in [0.25, 0.3) is 5.69 Å². The van der Waals surface area contributed by atoms with Gasteiger partial charge in [-0.25, -0.2) is 0 Å². The van der Waals surface area contributed by atoms with Gasteiger partial charge in [0.2, 0.25) is 0 Å². The molecule has 0 bridgehead atoms. The molecule has 6 heteroatoms. The Kier molecular flexibility index (Phi) is 3.71. The average molecular weight is 290 g/mol. The van der Waals surface area contributed by atoms with E-state index in [1.54, 1.807) is 12.1 Å². The number of hydrogen-bond donors (Lipinski definition) is 1. The van der Waals surface area contributed by atoms with Gasteiger partial charge in [-0.3, -0.25) is 10.1 Å². The third-order valence-corrected chi connectivity index (χ3v) is 4.91. The van der Waals surface area contributed by atoms with Crippen LogP contribution in [0.1, 0.15) is 19.3 Å². The molecule has 0 aliphatic carbocycles. The topological polar surface area (TPSA) is 75.6 Å². The van der Waals surface area contributed by atoms with Gasteiger partial charge in [-0.1, -0.05) is 0 Å². The van der Waals surface area contributed by atoms with E-state index in [-0.39, 0.29) is 5.69 Å². The summed E-state index contributed by atoms with van der Waals surface area (Å²) in [6.45, 7) is 3.16. The van der Waals surface area contributed by atoms with Gasteiger partial charge >= 0.3 is 0 Å². The second-order valence-electron chi connectivity index (χ2n) is 6.19. The van der Waals surface area contributed by atoms with Gasteiger partial charge in [0, 0.05) is 31.3 Å². The molecule has 21 heavy (non-hydrogen) atoms. The number of piperidine rings is 2. The fraction of sp³-hybridized carbons (Fsp3) is 0.600. The molecule has 6 nitrogen and oxygen atoms in total. The van der Waals surface area contributed by atoms with Crippen LogP contribution in [-0.2, 0) is 0 Å². The average Bonchev–Trinajstić information content (AvgIpc) is 2.47. The number of rotatable bonds is 2. The summed E-state index contributed by atoms with van der Waals surface area (Å²) in [7, 11) is 2.22. The summed E-state index contributed by atoms with van der Waals surface area (Å²) in [5, 5.41) is 10.8. The highest BCUT2D eigenvalue weighted by molar-refractivity contribution is 5.70. The Morgan fingerprint density at radius 3 is 2.86 bits per heavy atom. The lowest BCUT2D eigenvalue weighted by atomic mass is 9.84. The zero-order chi connectivity index (χ0) is 15.0. The summed E-state index contributed by atoms with van der Waals surface area (Å²) in [4.78, 5) is 15.2. The Morgan fingerprint density at radius 2 is 2.14 bits per heavy atom. The van der Waals surface area contributed by atoms with Gasteiger partial charge in [-0.05, 0) is 44.8 Å². The van der Waals surface area contributed by atoms with Gasteiger partial charge < -0.3 is 15.5 Å². The van der Waals surface area contributed by atoms with Crippen LogP contribution in [0, 0.1) is 16.0 Å². The molecule has 2 aliphatic heterocycles. The lowest BCUT2D eigenvalue weighted by molar-refractivity contribution is -0.384. The van der Waals surface area contributed by atoms with E-state index in [0.717, 1.165) is 25.2 Å². The maximum atomic E-state index is 10.8. The minimum Gasteiger partial charge on any atom is -0.397 e. The first-order chi connectivity index (χ1) is 10.1. The van der Waals surface area contributed by atoms with Crippen molar-refractivity contribution in [3.8, 4) is 0 Å². The standard InChI is InChI=1S/C15H22N4O2/c1-17-7-2-3-11-10-18(8-6-14(11)17)15-5-4-12(19(20)21)9-13(15)16/h4-5,9,11,14H,2-3,6-8,10,16H2,1H3. The Hall–Kier alpha value is -1.82. The van der Waals surface area contributed by atoms with Crippen molar-refractivity contribution in [1.29, 1.82) is 0 Å². The fourth-order valence-corrected chi connectivity index (χ4v) is 3.81. The van der Waals surface area contributed by atoms with Crippen LogP contribution in [-0.4, -0.2) is 42.5 Å². The summed E-state index contributed by atoms with van der Waals surface area (Å²) in [6.07, 6.45) is 3.65. The van der Waals surface area contributed by atoms with Crippen LogP contribution in [0.4, 0.5) is 17.1 Å². The lowest BCUT2D eigenvalue weighted by Crippen LogP contribution is -2.52. The molecule has 2 fully saturated rings. The van der Waals surface area contributed by atoms with Crippen LogP contribution in [0.3, 0.4) is 0 Å². The summed E-state index contributed by atoms with van der Waals surface area (Å²) >= 11 is 0. The zero-order valence-electron chi connectivity index (χ0n) is 12.4. The van der Waals surface area contributed by atoms with Crippen LogP contribution < -0.4 is 10.6 Å². The van der Waals surface area contributed by atoms with Crippen molar-refractivity contribution >= 4 is 17.1 Å². The molecule has 1 aromatic carbocycles. The van der Waals surface area contributed by atoms with Crippen LogP contribution in [0.25, 0.3) is 0 Å². The first-order valence-corrected chi connectivity index (χ1v) is 7.55. The largest absolute Gasteiger partial charge is 0.397 e. The number of nitro groups is 1. The number of hydrogen-bond acceptors (Lipinski definition) is 5. The third kappa shape index (κ3) is 2.68. The molecule has 2 atom stereocenters. The number of anilines is 2. The summed E-state index contributed by atoms with van der Waals surface area (Å²) in [5.41, 5.74) is 7.53. The molecule has 2 heterocycles. The van der Waals surface area contributed by atoms with Crippen molar-refractivity contribution in [2.24, 2.45) is 5.92 Å². The maximum Gasteiger partial charge on any atom is 0.271 e. The normalized spacial score (nSPS) is 26.4. The van der Waals surface area contributed by atoms with Crippen molar-refractivity contribution in [1.82, 2.24) is 4.90 Å². The zero-order valence-corrected chi connectivity index (χ0v) is 12.4. The van der Waals surface area contributed by atoms with Gasteiger partial charge in [0.05, 0.1) is 16.3 Å². The number of non-ortho nitro benzene ring substituents is 1. The van der Waals surface area contributed by atoms with Crippen LogP contribution in [0.2, 0.25) is 0 Å². The van der Waals surface area contributed by atoms with E-state index in [9.17, 15) is 10.1 Å². The van der Waals surface area contributed by atoms with Crippen molar-refractivity contribution in [3.05, 3.63) is 28.3 Å². The molecular weight excluding hydrogens is 268 g/mol.